The molecule has 2 N–H and O–H groups in total. The fourth-order valence-corrected chi connectivity index (χ4v) is 2.11. The smallest absolute Gasteiger partial charge is 0.326 e. The first-order chi connectivity index (χ1) is 7.99. The van der Waals surface area contributed by atoms with E-state index in [4.69, 9.17) is 10.5 Å². The summed E-state index contributed by atoms with van der Waals surface area (Å²) in [5.74, 6) is 0.864. The first kappa shape index (κ1) is 13.9. The van der Waals surface area contributed by atoms with Crippen molar-refractivity contribution < 1.29 is 14.3 Å². The molecule has 1 atom stereocenters. The lowest BCUT2D eigenvalue weighted by Gasteiger charge is -2.20. The van der Waals surface area contributed by atoms with Crippen LogP contribution < -0.4 is 10.5 Å². The molecule has 17 heavy (non-hydrogen) atoms. The van der Waals surface area contributed by atoms with Gasteiger partial charge < -0.3 is 15.2 Å². The maximum Gasteiger partial charge on any atom is 0.326 e. The van der Waals surface area contributed by atoms with E-state index in [9.17, 15) is 4.79 Å². The fourth-order valence-electron chi connectivity index (χ4n) is 1.20. The molecule has 0 aliphatic heterocycles. The first-order valence-corrected chi connectivity index (χ1v) is 6.12. The quantitative estimate of drug-likeness (QED) is 0.640. The summed E-state index contributed by atoms with van der Waals surface area (Å²) >= 11 is 1.51. The predicted octanol–water partition coefficient (Wildman–Crippen LogP) is 1.68. The zero-order chi connectivity index (χ0) is 12.9. The Bertz CT molecular complexity index is 376. The molecule has 0 aromatic heterocycles. The lowest BCUT2D eigenvalue weighted by atomic mass is 10.1. The van der Waals surface area contributed by atoms with Gasteiger partial charge in [0.25, 0.3) is 0 Å². The summed E-state index contributed by atoms with van der Waals surface area (Å²) in [6.07, 6.45) is 0. The number of hydrogen-bond acceptors (Lipinski definition) is 5. The average molecular weight is 255 g/mol. The van der Waals surface area contributed by atoms with Gasteiger partial charge in [0.15, 0.2) is 0 Å². The molecule has 0 heterocycles. The third-order valence-electron chi connectivity index (χ3n) is 2.25. The van der Waals surface area contributed by atoms with Crippen molar-refractivity contribution in [1.29, 1.82) is 0 Å². The van der Waals surface area contributed by atoms with Crippen molar-refractivity contribution >= 4 is 17.7 Å². The molecule has 0 aliphatic rings. The highest BCUT2D eigenvalue weighted by Gasteiger charge is 2.29. The molecule has 0 fully saturated rings. The van der Waals surface area contributed by atoms with Gasteiger partial charge in [-0.15, -0.1) is 11.8 Å². The Morgan fingerprint density at radius 3 is 2.41 bits per heavy atom. The van der Waals surface area contributed by atoms with Crippen LogP contribution in [0.25, 0.3) is 0 Å². The Hall–Kier alpha value is -1.20. The highest BCUT2D eigenvalue weighted by molar-refractivity contribution is 7.99. The summed E-state index contributed by atoms with van der Waals surface area (Å²) in [6, 6.07) is 7.59. The summed E-state index contributed by atoms with van der Waals surface area (Å²) in [5.41, 5.74) is 4.88. The molecule has 1 aromatic carbocycles. The monoisotopic (exact) mass is 255 g/mol. The summed E-state index contributed by atoms with van der Waals surface area (Å²) in [4.78, 5) is 12.4. The van der Waals surface area contributed by atoms with Gasteiger partial charge in [-0.25, -0.2) is 0 Å². The molecular weight excluding hydrogens is 238 g/mol. The van der Waals surface area contributed by atoms with E-state index in [-0.39, 0.29) is 0 Å². The number of ether oxygens (including phenoxy) is 2. The first-order valence-electron chi connectivity index (χ1n) is 5.14. The summed E-state index contributed by atoms with van der Waals surface area (Å²) in [5, 5.41) is 0. The van der Waals surface area contributed by atoms with Crippen molar-refractivity contribution in [1.82, 2.24) is 0 Å². The van der Waals surface area contributed by atoms with Crippen molar-refractivity contribution in [2.75, 3.05) is 20.0 Å². The van der Waals surface area contributed by atoms with Crippen LogP contribution in [0.1, 0.15) is 6.92 Å². The molecule has 0 aliphatic carbocycles. The summed E-state index contributed by atoms with van der Waals surface area (Å²) in [6.45, 7) is 1.66. The summed E-state index contributed by atoms with van der Waals surface area (Å²) < 4.78 is 9.70. The molecule has 0 radical (unpaired) electrons. The van der Waals surface area contributed by atoms with Crippen molar-refractivity contribution in [3.8, 4) is 5.75 Å². The van der Waals surface area contributed by atoms with E-state index in [0.29, 0.717) is 5.75 Å². The topological polar surface area (TPSA) is 61.5 Å². The molecule has 1 unspecified atom stereocenters. The van der Waals surface area contributed by atoms with E-state index in [1.807, 2.05) is 24.3 Å². The number of methoxy groups -OCH3 is 2. The highest BCUT2D eigenvalue weighted by atomic mass is 32.2. The van der Waals surface area contributed by atoms with Gasteiger partial charge >= 0.3 is 5.97 Å². The van der Waals surface area contributed by atoms with Gasteiger partial charge in [-0.2, -0.15) is 0 Å². The highest BCUT2D eigenvalue weighted by Crippen LogP contribution is 2.24. The van der Waals surface area contributed by atoms with E-state index in [0.717, 1.165) is 10.6 Å². The van der Waals surface area contributed by atoms with Crippen molar-refractivity contribution in [3.05, 3.63) is 24.3 Å². The molecule has 0 saturated carbocycles. The van der Waals surface area contributed by atoms with Gasteiger partial charge in [-0.1, -0.05) is 0 Å². The standard InChI is InChI=1S/C12H17NO3S/c1-12(13,11(14)16-3)8-17-10-6-4-9(15-2)5-7-10/h4-7H,8,13H2,1-3H3. The van der Waals surface area contributed by atoms with Gasteiger partial charge in [0, 0.05) is 10.6 Å². The second-order valence-electron chi connectivity index (χ2n) is 3.87. The summed E-state index contributed by atoms with van der Waals surface area (Å²) in [7, 11) is 2.96. The molecule has 0 spiro atoms. The maximum absolute atomic E-state index is 11.4. The molecule has 1 rings (SSSR count). The van der Waals surface area contributed by atoms with Crippen LogP contribution in [0.3, 0.4) is 0 Å². The van der Waals surface area contributed by atoms with Crippen LogP contribution in [0.4, 0.5) is 0 Å². The second kappa shape index (κ2) is 5.93. The Balaban J connectivity index is 2.57. The van der Waals surface area contributed by atoms with E-state index >= 15 is 0 Å². The minimum absolute atomic E-state index is 0.404. The fraction of sp³-hybridized carbons (Fsp3) is 0.417. The number of benzene rings is 1. The largest absolute Gasteiger partial charge is 0.497 e. The molecule has 1 aromatic rings. The number of rotatable bonds is 5. The van der Waals surface area contributed by atoms with Crippen molar-refractivity contribution in [2.24, 2.45) is 5.73 Å². The maximum atomic E-state index is 11.4. The van der Waals surface area contributed by atoms with Gasteiger partial charge in [0.2, 0.25) is 0 Å². The zero-order valence-electron chi connectivity index (χ0n) is 10.2. The second-order valence-corrected chi connectivity index (χ2v) is 4.92. The Kier molecular flexibility index (Phi) is 4.84. The minimum Gasteiger partial charge on any atom is -0.497 e. The van der Waals surface area contributed by atoms with Gasteiger partial charge in [0.1, 0.15) is 11.3 Å². The van der Waals surface area contributed by atoms with Crippen molar-refractivity contribution in [2.45, 2.75) is 17.4 Å². The molecular formula is C12H17NO3S. The molecule has 0 amide bonds. The predicted molar refractivity (Wildman–Crippen MR) is 68.3 cm³/mol. The van der Waals surface area contributed by atoms with E-state index in [1.165, 1.54) is 18.9 Å². The molecule has 94 valence electrons. The SMILES string of the molecule is COC(=O)C(C)(N)CSc1ccc(OC)cc1. The Labute approximate surface area is 105 Å². The minimum atomic E-state index is -0.973. The van der Waals surface area contributed by atoms with Crippen LogP contribution in [0, 0.1) is 0 Å². The zero-order valence-corrected chi connectivity index (χ0v) is 11.0. The third-order valence-corrected chi connectivity index (χ3v) is 3.60. The van der Waals surface area contributed by atoms with Crippen molar-refractivity contribution in [3.63, 3.8) is 0 Å². The number of hydrogen-bond donors (Lipinski definition) is 1. The van der Waals surface area contributed by atoms with Crippen LogP contribution >= 0.6 is 11.8 Å². The van der Waals surface area contributed by atoms with Gasteiger partial charge in [-0.3, -0.25) is 4.79 Å². The van der Waals surface area contributed by atoms with Gasteiger partial charge in [0.05, 0.1) is 14.2 Å². The Morgan fingerprint density at radius 2 is 1.94 bits per heavy atom. The van der Waals surface area contributed by atoms with E-state index in [1.54, 1.807) is 14.0 Å². The normalized spacial score (nSPS) is 13.9. The van der Waals surface area contributed by atoms with Crippen LogP contribution in [0.2, 0.25) is 0 Å². The van der Waals surface area contributed by atoms with Crippen LogP contribution in [0.15, 0.2) is 29.2 Å². The Morgan fingerprint density at radius 1 is 1.35 bits per heavy atom. The van der Waals surface area contributed by atoms with Crippen LogP contribution in [0.5, 0.6) is 5.75 Å². The number of nitrogens with two attached hydrogens (primary N) is 1. The van der Waals surface area contributed by atoms with E-state index < -0.39 is 11.5 Å². The number of carbonyl (C=O) groups excluding carboxylic acids is 1. The number of thioether (sulfide) groups is 1. The average Bonchev–Trinajstić information content (AvgIpc) is 2.36. The van der Waals surface area contributed by atoms with E-state index in [2.05, 4.69) is 4.74 Å². The van der Waals surface area contributed by atoms with Crippen LogP contribution in [-0.2, 0) is 9.53 Å². The lowest BCUT2D eigenvalue weighted by Crippen LogP contribution is -2.48. The third kappa shape index (κ3) is 3.94. The molecule has 0 bridgehead atoms. The molecule has 4 nitrogen and oxygen atoms in total. The van der Waals surface area contributed by atoms with Gasteiger partial charge in [-0.05, 0) is 31.2 Å². The number of esters is 1. The number of carbonyl (C=O) groups is 1. The lowest BCUT2D eigenvalue weighted by molar-refractivity contribution is -0.145. The molecule has 0 saturated heterocycles. The van der Waals surface area contributed by atoms with Crippen LogP contribution in [-0.4, -0.2) is 31.5 Å². The molecule has 5 heteroatoms.